The van der Waals surface area contributed by atoms with Crippen LogP contribution in [-0.4, -0.2) is 45.3 Å². The summed E-state index contributed by atoms with van der Waals surface area (Å²) in [6, 6.07) is 14.5. The lowest BCUT2D eigenvalue weighted by molar-refractivity contribution is 0.1000. The fourth-order valence-corrected chi connectivity index (χ4v) is 6.45. The van der Waals surface area contributed by atoms with Crippen LogP contribution in [0.15, 0.2) is 59.5 Å². The molecule has 178 valence electrons. The number of nitrogens with one attached hydrogen (secondary N) is 1. The average Bonchev–Trinajstić information content (AvgIpc) is 3.21. The van der Waals surface area contributed by atoms with E-state index in [1.807, 2.05) is 6.07 Å². The highest BCUT2D eigenvalue weighted by Crippen LogP contribution is 2.37. The van der Waals surface area contributed by atoms with Crippen molar-refractivity contribution < 1.29 is 18.0 Å². The highest BCUT2D eigenvalue weighted by Gasteiger charge is 2.28. The molecule has 0 saturated carbocycles. The van der Waals surface area contributed by atoms with Crippen molar-refractivity contribution in [3.8, 4) is 0 Å². The molecule has 10 heteroatoms. The van der Waals surface area contributed by atoms with Gasteiger partial charge in [0.25, 0.3) is 21.8 Å². The maximum atomic E-state index is 13.0. The average molecular weight is 499 g/mol. The number of nitrogens with zero attached hydrogens (tertiary/aromatic N) is 2. The largest absolute Gasteiger partial charge is 0.365 e. The summed E-state index contributed by atoms with van der Waals surface area (Å²) < 4.78 is 27.1. The molecule has 0 saturated heterocycles. The first-order valence-electron chi connectivity index (χ1n) is 10.8. The van der Waals surface area contributed by atoms with Gasteiger partial charge in [0.05, 0.1) is 16.1 Å². The number of rotatable bonds is 7. The van der Waals surface area contributed by atoms with Crippen LogP contribution >= 0.6 is 11.3 Å². The maximum absolute atomic E-state index is 13.0. The number of carbonyl (C=O) groups excluding carboxylic acids is 2. The molecule has 0 bridgehead atoms. The van der Waals surface area contributed by atoms with Gasteiger partial charge in [-0.05, 0) is 54.9 Å². The number of primary amides is 1. The molecule has 34 heavy (non-hydrogen) atoms. The number of anilines is 2. The van der Waals surface area contributed by atoms with E-state index in [0.717, 1.165) is 23.5 Å². The molecule has 1 aliphatic rings. The van der Waals surface area contributed by atoms with Crippen LogP contribution in [0.1, 0.15) is 38.1 Å². The van der Waals surface area contributed by atoms with Crippen LogP contribution in [-0.2, 0) is 23.0 Å². The lowest BCUT2D eigenvalue weighted by Crippen LogP contribution is -2.30. The second kappa shape index (κ2) is 9.57. The van der Waals surface area contributed by atoms with Crippen LogP contribution in [0.25, 0.3) is 0 Å². The Kier molecular flexibility index (Phi) is 6.74. The molecule has 0 fully saturated rings. The molecule has 1 aliphatic heterocycles. The zero-order valence-corrected chi connectivity index (χ0v) is 20.6. The molecule has 0 atom stereocenters. The van der Waals surface area contributed by atoms with Crippen LogP contribution in [0, 0.1) is 0 Å². The Bertz CT molecular complexity index is 1320. The monoisotopic (exact) mass is 498 g/mol. The summed E-state index contributed by atoms with van der Waals surface area (Å²) in [5.74, 6) is -1.00. The van der Waals surface area contributed by atoms with Gasteiger partial charge < -0.3 is 11.1 Å². The first-order chi connectivity index (χ1) is 16.2. The topological polar surface area (TPSA) is 113 Å². The van der Waals surface area contributed by atoms with E-state index in [1.54, 1.807) is 24.3 Å². The Hall–Kier alpha value is -3.21. The van der Waals surface area contributed by atoms with Gasteiger partial charge in [0.1, 0.15) is 5.00 Å². The Morgan fingerprint density at radius 2 is 1.79 bits per heavy atom. The molecule has 0 spiro atoms. The molecule has 2 aromatic carbocycles. The molecule has 8 nitrogen and oxygen atoms in total. The standard InChI is InChI=1S/C24H26N4O4S2/c1-3-28-14-13-19-20(15-28)33-24(21(19)22(25)29)26-23(30)16-9-11-18(12-10-16)34(31,32)27(2)17-7-5-4-6-8-17/h4-12H,3,13-15H2,1-2H3,(H2,25,29)(H,26,30). The number of hydrogen-bond donors (Lipinski definition) is 2. The molecule has 0 aliphatic carbocycles. The number of amides is 2. The summed E-state index contributed by atoms with van der Waals surface area (Å²) in [6.07, 6.45) is 0.704. The molecule has 2 heterocycles. The molecular formula is C24H26N4O4S2. The molecule has 0 radical (unpaired) electrons. The fraction of sp³-hybridized carbons (Fsp3) is 0.250. The third-order valence-electron chi connectivity index (χ3n) is 5.95. The van der Waals surface area contributed by atoms with E-state index in [2.05, 4.69) is 17.1 Å². The number of sulfonamides is 1. The summed E-state index contributed by atoms with van der Waals surface area (Å²) in [4.78, 5) is 28.4. The minimum atomic E-state index is -3.78. The van der Waals surface area contributed by atoms with E-state index in [0.29, 0.717) is 29.2 Å². The van der Waals surface area contributed by atoms with Crippen molar-refractivity contribution in [2.24, 2.45) is 5.73 Å². The Morgan fingerprint density at radius 3 is 2.41 bits per heavy atom. The maximum Gasteiger partial charge on any atom is 0.264 e. The van der Waals surface area contributed by atoms with E-state index in [9.17, 15) is 18.0 Å². The van der Waals surface area contributed by atoms with Gasteiger partial charge in [-0.25, -0.2) is 8.42 Å². The van der Waals surface area contributed by atoms with Crippen molar-refractivity contribution >= 4 is 43.9 Å². The molecule has 4 rings (SSSR count). The summed E-state index contributed by atoms with van der Waals surface area (Å²) in [6.45, 7) is 4.53. The van der Waals surface area contributed by atoms with Crippen molar-refractivity contribution in [1.29, 1.82) is 0 Å². The first kappa shape index (κ1) is 23.9. The van der Waals surface area contributed by atoms with Crippen LogP contribution in [0.2, 0.25) is 0 Å². The molecule has 3 N–H and O–H groups in total. The van der Waals surface area contributed by atoms with Gasteiger partial charge in [-0.15, -0.1) is 11.3 Å². The van der Waals surface area contributed by atoms with E-state index in [-0.39, 0.29) is 10.5 Å². The SMILES string of the molecule is CCN1CCc2c(sc(NC(=O)c3ccc(S(=O)(=O)N(C)c4ccccc4)cc3)c2C(N)=O)C1. The van der Waals surface area contributed by atoms with Crippen molar-refractivity contribution in [1.82, 2.24) is 4.90 Å². The molecule has 3 aromatic rings. The van der Waals surface area contributed by atoms with E-state index >= 15 is 0 Å². The molecule has 1 aromatic heterocycles. The Labute approximate surface area is 203 Å². The summed E-state index contributed by atoms with van der Waals surface area (Å²) >= 11 is 1.36. The van der Waals surface area contributed by atoms with Crippen molar-refractivity contribution in [2.75, 3.05) is 29.8 Å². The van der Waals surface area contributed by atoms with Gasteiger partial charge in [-0.2, -0.15) is 0 Å². The van der Waals surface area contributed by atoms with Gasteiger partial charge in [0.2, 0.25) is 0 Å². The van der Waals surface area contributed by atoms with Crippen molar-refractivity contribution in [3.05, 3.63) is 76.2 Å². The minimum Gasteiger partial charge on any atom is -0.365 e. The normalized spacial score (nSPS) is 13.8. The number of hydrogen-bond acceptors (Lipinski definition) is 6. The van der Waals surface area contributed by atoms with E-state index < -0.39 is 21.8 Å². The number of thiophene rings is 1. The number of nitrogens with two attached hydrogens (primary N) is 1. The molecule has 2 amide bonds. The zero-order valence-electron chi connectivity index (χ0n) is 18.9. The highest BCUT2D eigenvalue weighted by atomic mass is 32.2. The number of fused-ring (bicyclic) bond motifs is 1. The first-order valence-corrected chi connectivity index (χ1v) is 13.1. The zero-order chi connectivity index (χ0) is 24.5. The number of benzene rings is 2. The minimum absolute atomic E-state index is 0.0690. The lowest BCUT2D eigenvalue weighted by atomic mass is 10.0. The fourth-order valence-electron chi connectivity index (χ4n) is 3.96. The third-order valence-corrected chi connectivity index (χ3v) is 8.88. The third kappa shape index (κ3) is 4.56. The van der Waals surface area contributed by atoms with Gasteiger partial charge in [-0.1, -0.05) is 25.1 Å². The predicted octanol–water partition coefficient (Wildman–Crippen LogP) is 3.30. The van der Waals surface area contributed by atoms with E-state index in [4.69, 9.17) is 5.73 Å². The number of carbonyl (C=O) groups is 2. The van der Waals surface area contributed by atoms with Crippen LogP contribution < -0.4 is 15.4 Å². The van der Waals surface area contributed by atoms with Crippen LogP contribution in [0.5, 0.6) is 0 Å². The van der Waals surface area contributed by atoms with Gasteiger partial charge in [0.15, 0.2) is 0 Å². The van der Waals surface area contributed by atoms with Crippen molar-refractivity contribution in [3.63, 3.8) is 0 Å². The van der Waals surface area contributed by atoms with Crippen molar-refractivity contribution in [2.45, 2.75) is 24.8 Å². The Morgan fingerprint density at radius 1 is 1.12 bits per heavy atom. The Balaban J connectivity index is 1.55. The second-order valence-electron chi connectivity index (χ2n) is 7.98. The van der Waals surface area contributed by atoms with Crippen LogP contribution in [0.3, 0.4) is 0 Å². The summed E-state index contributed by atoms with van der Waals surface area (Å²) in [5, 5.41) is 3.24. The summed E-state index contributed by atoms with van der Waals surface area (Å²) in [7, 11) is -2.30. The lowest BCUT2D eigenvalue weighted by Gasteiger charge is -2.25. The number of likely N-dealkylation sites (N-methyl/N-ethyl adjacent to an activating group) is 1. The second-order valence-corrected chi connectivity index (χ2v) is 11.1. The van der Waals surface area contributed by atoms with Gasteiger partial charge in [0, 0.05) is 30.6 Å². The summed E-state index contributed by atoms with van der Waals surface area (Å²) in [5.41, 5.74) is 7.72. The molecule has 0 unspecified atom stereocenters. The smallest absolute Gasteiger partial charge is 0.264 e. The van der Waals surface area contributed by atoms with Crippen LogP contribution in [0.4, 0.5) is 10.7 Å². The highest BCUT2D eigenvalue weighted by molar-refractivity contribution is 7.92. The number of para-hydroxylation sites is 1. The van der Waals surface area contributed by atoms with E-state index in [1.165, 1.54) is 47.0 Å². The van der Waals surface area contributed by atoms with Gasteiger partial charge >= 0.3 is 0 Å². The predicted molar refractivity (Wildman–Crippen MR) is 134 cm³/mol. The molecular weight excluding hydrogens is 472 g/mol. The quantitative estimate of drug-likeness (QED) is 0.519. The van der Waals surface area contributed by atoms with Gasteiger partial charge in [-0.3, -0.25) is 18.8 Å².